The van der Waals surface area contributed by atoms with Gasteiger partial charge in [0.05, 0.1) is 0 Å². The maximum Gasteiger partial charge on any atom is 0.130 e. The summed E-state index contributed by atoms with van der Waals surface area (Å²) in [6.07, 6.45) is 0. The third kappa shape index (κ3) is 20.1. The Morgan fingerprint density at radius 2 is 1.75 bits per heavy atom. The Morgan fingerprint density at radius 3 is 1.75 bits per heavy atom. The minimum atomic E-state index is 0. The predicted molar refractivity (Wildman–Crippen MR) is 14.6 cm³/mol. The number of nitriles is 1. The molecule has 4 heavy (non-hydrogen) atoms. The molecule has 0 bridgehead atoms. The van der Waals surface area contributed by atoms with E-state index in [1.54, 1.807) is 0 Å². The number of thiol groups is 1. The molecule has 0 saturated carbocycles. The molecule has 0 aromatic carbocycles. The molecule has 0 aromatic heterocycles. The molecule has 0 aliphatic carbocycles. The Balaban J connectivity index is 0. The van der Waals surface area contributed by atoms with E-state index in [0.717, 1.165) is 0 Å². The molecular weight excluding hydrogens is 106 g/mol. The molecule has 20 valence electrons. The second-order valence-electron chi connectivity index (χ2n) is 0.100. The van der Waals surface area contributed by atoms with Gasteiger partial charge in [-0.05, 0) is 0 Å². The van der Waals surface area contributed by atoms with Crippen molar-refractivity contribution in [1.82, 2.24) is 0 Å². The monoisotopic (exact) mass is 107 g/mol. The zero-order chi connectivity index (χ0) is 2.71. The molecule has 0 amide bonds. The maximum atomic E-state index is 7.18. The van der Waals surface area contributed by atoms with E-state index in [9.17, 15) is 0 Å². The summed E-state index contributed by atoms with van der Waals surface area (Å²) in [7, 11) is 0. The minimum absolute atomic E-state index is 0. The van der Waals surface area contributed by atoms with Crippen LogP contribution in [0.4, 0.5) is 0 Å². The third-order valence-electron chi connectivity index (χ3n) is 0. The van der Waals surface area contributed by atoms with Gasteiger partial charge >= 0.3 is 0 Å². The first-order chi connectivity index (χ1) is 1.41. The summed E-state index contributed by atoms with van der Waals surface area (Å²) < 4.78 is 0. The second-order valence-corrected chi connectivity index (χ2v) is 0.300. The van der Waals surface area contributed by atoms with Gasteiger partial charge in [0.25, 0.3) is 0 Å². The average Bonchev–Trinajstić information content (AvgIpc) is 0.918. The van der Waals surface area contributed by atoms with Gasteiger partial charge in [-0.15, -0.1) is 0 Å². The molecule has 0 spiro atoms. The molecule has 0 N–H and O–H groups in total. The van der Waals surface area contributed by atoms with E-state index >= 15 is 0 Å². The van der Waals surface area contributed by atoms with Crippen molar-refractivity contribution >= 4 is 12.6 Å². The van der Waals surface area contributed by atoms with E-state index < -0.39 is 0 Å². The molecule has 0 heterocycles. The molecule has 0 unspecified atom stereocenters. The van der Waals surface area contributed by atoms with Crippen LogP contribution in [0, 0.1) is 10.7 Å². The van der Waals surface area contributed by atoms with Crippen LogP contribution in [-0.4, -0.2) is 0 Å². The SMILES string of the molecule is N#CS.[Ti]. The van der Waals surface area contributed by atoms with Crippen molar-refractivity contribution in [3.05, 3.63) is 0 Å². The van der Waals surface area contributed by atoms with E-state index in [0.29, 0.717) is 0 Å². The Labute approximate surface area is 45.3 Å². The van der Waals surface area contributed by atoms with Crippen LogP contribution in [0.25, 0.3) is 0 Å². The number of thiocyanates is 1. The number of rotatable bonds is 0. The van der Waals surface area contributed by atoms with Crippen LogP contribution < -0.4 is 0 Å². The normalized spacial score (nSPS) is 2.00. The minimum Gasteiger partial charge on any atom is -0.185 e. The second kappa shape index (κ2) is 9.60. The number of hydrogen-bond acceptors (Lipinski definition) is 2. The Hall–Kier alpha value is 0.554. The summed E-state index contributed by atoms with van der Waals surface area (Å²) in [5, 5.41) is 8.63. The van der Waals surface area contributed by atoms with Gasteiger partial charge in [-0.2, -0.15) is 5.26 Å². The summed E-state index contributed by atoms with van der Waals surface area (Å²) >= 11 is 3.09. The fourth-order valence-electron chi connectivity index (χ4n) is 0. The van der Waals surface area contributed by atoms with Crippen molar-refractivity contribution < 1.29 is 21.7 Å². The number of hydrogen-bond donors (Lipinski definition) is 1. The van der Waals surface area contributed by atoms with Gasteiger partial charge < -0.3 is 0 Å². The first-order valence-corrected chi connectivity index (χ1v) is 0.894. The van der Waals surface area contributed by atoms with E-state index in [1.807, 2.05) is 0 Å². The Bertz CT molecular complexity index is 29.5. The van der Waals surface area contributed by atoms with Gasteiger partial charge in [0.1, 0.15) is 5.40 Å². The van der Waals surface area contributed by atoms with Crippen molar-refractivity contribution in [2.24, 2.45) is 0 Å². The first kappa shape index (κ1) is 8.82. The Morgan fingerprint density at radius 1 is 1.75 bits per heavy atom. The molecule has 0 fully saturated rings. The summed E-state index contributed by atoms with van der Waals surface area (Å²) in [4.78, 5) is 0. The van der Waals surface area contributed by atoms with E-state index in [-0.39, 0.29) is 21.7 Å². The summed E-state index contributed by atoms with van der Waals surface area (Å²) in [5.74, 6) is 0. The molecule has 0 rings (SSSR count). The summed E-state index contributed by atoms with van der Waals surface area (Å²) in [5.41, 5.74) is 0. The predicted octanol–water partition coefficient (Wildman–Crippen LogP) is 0.395. The van der Waals surface area contributed by atoms with Crippen LogP contribution in [0.3, 0.4) is 0 Å². The molecule has 1 nitrogen and oxygen atoms in total. The van der Waals surface area contributed by atoms with Crippen LogP contribution in [0.15, 0.2) is 0 Å². The third-order valence-corrected chi connectivity index (χ3v) is 0. The van der Waals surface area contributed by atoms with E-state index in [1.165, 1.54) is 5.40 Å². The molecule has 3 heteroatoms. The fourth-order valence-corrected chi connectivity index (χ4v) is 0. The largest absolute Gasteiger partial charge is 0.185 e. The van der Waals surface area contributed by atoms with Crippen molar-refractivity contribution in [2.45, 2.75) is 0 Å². The average molecular weight is 107 g/mol. The van der Waals surface area contributed by atoms with Crippen molar-refractivity contribution in [2.75, 3.05) is 0 Å². The van der Waals surface area contributed by atoms with Crippen LogP contribution in [0.1, 0.15) is 0 Å². The topological polar surface area (TPSA) is 23.8 Å². The molecule has 0 atom stereocenters. The maximum absolute atomic E-state index is 7.18. The van der Waals surface area contributed by atoms with Crippen molar-refractivity contribution in [3.8, 4) is 5.40 Å². The van der Waals surface area contributed by atoms with Crippen LogP contribution in [-0.2, 0) is 21.7 Å². The van der Waals surface area contributed by atoms with Crippen LogP contribution >= 0.6 is 12.6 Å². The molecule has 0 aromatic rings. The molecular formula is CHNSTi. The first-order valence-electron chi connectivity index (χ1n) is 0.447. The van der Waals surface area contributed by atoms with Gasteiger partial charge in [0.2, 0.25) is 0 Å². The molecule has 0 aliphatic rings. The standard InChI is InChI=1S/CHNS.Ti/c2-1-3;/h3H;. The van der Waals surface area contributed by atoms with Gasteiger partial charge in [0, 0.05) is 21.7 Å². The summed E-state index contributed by atoms with van der Waals surface area (Å²) in [6, 6.07) is 0. The number of nitrogens with zero attached hydrogens (tertiary/aromatic N) is 1. The fraction of sp³-hybridized carbons (Fsp3) is 0. The van der Waals surface area contributed by atoms with Gasteiger partial charge in [-0.25, -0.2) is 0 Å². The van der Waals surface area contributed by atoms with Gasteiger partial charge in [0.15, 0.2) is 0 Å². The smallest absolute Gasteiger partial charge is 0.130 e. The van der Waals surface area contributed by atoms with Crippen molar-refractivity contribution in [1.29, 1.82) is 5.26 Å². The Kier molecular flexibility index (Phi) is 21.2. The molecule has 0 saturated heterocycles. The summed E-state index contributed by atoms with van der Waals surface area (Å²) in [6.45, 7) is 0. The van der Waals surface area contributed by atoms with Gasteiger partial charge in [-0.1, -0.05) is 12.6 Å². The van der Waals surface area contributed by atoms with E-state index in [4.69, 9.17) is 5.26 Å². The van der Waals surface area contributed by atoms with Crippen LogP contribution in [0.2, 0.25) is 0 Å². The molecule has 0 radical (unpaired) electrons. The van der Waals surface area contributed by atoms with Crippen LogP contribution in [0.5, 0.6) is 0 Å². The van der Waals surface area contributed by atoms with Crippen molar-refractivity contribution in [3.63, 3.8) is 0 Å². The quantitative estimate of drug-likeness (QED) is 0.270. The van der Waals surface area contributed by atoms with E-state index in [2.05, 4.69) is 12.6 Å². The molecule has 0 aliphatic heterocycles. The van der Waals surface area contributed by atoms with Gasteiger partial charge in [-0.3, -0.25) is 0 Å². The zero-order valence-electron chi connectivity index (χ0n) is 1.89. The zero-order valence-corrected chi connectivity index (χ0v) is 4.35.